The molecule has 2 aromatic rings. The van der Waals surface area contributed by atoms with Crippen LogP contribution in [0.1, 0.15) is 42.4 Å². The summed E-state index contributed by atoms with van der Waals surface area (Å²) in [7, 11) is 0. The second-order valence-corrected chi connectivity index (χ2v) is 9.46. The number of carboxylic acid groups (broad SMARTS) is 1. The first kappa shape index (κ1) is 26.7. The Morgan fingerprint density at radius 3 is 2.26 bits per heavy atom. The molecule has 1 fully saturated rings. The maximum Gasteiger partial charge on any atom is 0.326 e. The van der Waals surface area contributed by atoms with Gasteiger partial charge in [0, 0.05) is 25.4 Å². The summed E-state index contributed by atoms with van der Waals surface area (Å²) in [5, 5.41) is 18.7. The summed E-state index contributed by atoms with van der Waals surface area (Å²) < 4.78 is 0. The van der Waals surface area contributed by atoms with Crippen LogP contribution in [-0.2, 0) is 33.8 Å². The van der Waals surface area contributed by atoms with Gasteiger partial charge >= 0.3 is 5.97 Å². The van der Waals surface area contributed by atoms with Gasteiger partial charge < -0.3 is 21.1 Å². The van der Waals surface area contributed by atoms with E-state index in [0.29, 0.717) is 38.3 Å². The van der Waals surface area contributed by atoms with Crippen molar-refractivity contribution in [1.29, 1.82) is 0 Å². The van der Waals surface area contributed by atoms with E-state index in [2.05, 4.69) is 28.1 Å². The molecule has 0 saturated heterocycles. The molecular weight excluding hydrogens is 466 g/mol. The molecule has 7 nitrogen and oxygen atoms in total. The Labute approximate surface area is 212 Å². The van der Waals surface area contributed by atoms with Crippen molar-refractivity contribution in [3.63, 3.8) is 0 Å². The Bertz CT molecular complexity index is 1010. The Balaban J connectivity index is 0.00000342. The van der Waals surface area contributed by atoms with E-state index >= 15 is 0 Å². The lowest BCUT2D eigenvalue weighted by atomic mass is 9.81. The highest BCUT2D eigenvalue weighted by Crippen LogP contribution is 2.29. The van der Waals surface area contributed by atoms with Crippen LogP contribution < -0.4 is 16.0 Å². The number of carboxylic acids is 1. The smallest absolute Gasteiger partial charge is 0.326 e. The van der Waals surface area contributed by atoms with E-state index in [1.54, 1.807) is 0 Å². The van der Waals surface area contributed by atoms with Crippen molar-refractivity contribution < 1.29 is 19.5 Å². The van der Waals surface area contributed by atoms with Crippen LogP contribution in [-0.4, -0.2) is 41.5 Å². The minimum Gasteiger partial charge on any atom is -0.480 e. The van der Waals surface area contributed by atoms with Crippen LogP contribution in [0.4, 0.5) is 0 Å². The molecule has 0 aromatic heterocycles. The largest absolute Gasteiger partial charge is 0.480 e. The molecule has 35 heavy (non-hydrogen) atoms. The van der Waals surface area contributed by atoms with Gasteiger partial charge in [-0.05, 0) is 54.7 Å². The van der Waals surface area contributed by atoms with Gasteiger partial charge in [0.25, 0.3) is 0 Å². The molecule has 188 valence electrons. The molecule has 0 radical (unpaired) electrons. The van der Waals surface area contributed by atoms with E-state index < -0.39 is 12.0 Å². The van der Waals surface area contributed by atoms with E-state index in [1.807, 2.05) is 42.5 Å². The van der Waals surface area contributed by atoms with Gasteiger partial charge in [-0.3, -0.25) is 9.59 Å². The molecule has 1 saturated carbocycles. The normalized spacial score (nSPS) is 22.1. The van der Waals surface area contributed by atoms with Gasteiger partial charge in [0.1, 0.15) is 6.04 Å². The molecule has 0 bridgehead atoms. The lowest BCUT2D eigenvalue weighted by Gasteiger charge is -2.30. The average molecular weight is 500 g/mol. The lowest BCUT2D eigenvalue weighted by molar-refractivity contribution is -0.142. The lowest BCUT2D eigenvalue weighted by Crippen LogP contribution is -2.49. The van der Waals surface area contributed by atoms with Gasteiger partial charge in [0.05, 0.1) is 6.04 Å². The standard InChI is InChI=1S/C27H33N3O4.ClH/c31-25(30-24(27(33)34)14-18-6-2-1-3-7-18)20-12-10-19(11-13-20)16-29-26(32)23-15-21-8-4-5-9-22(21)17-28-23;/h1-9,19-20,23-24,28H,10-17H2,(H,29,32)(H,30,31)(H,33,34);1H/t19?,20?,23-,24+;/m0./s1. The summed E-state index contributed by atoms with van der Waals surface area (Å²) in [4.78, 5) is 37.1. The zero-order chi connectivity index (χ0) is 23.9. The predicted octanol–water partition coefficient (Wildman–Crippen LogP) is 2.86. The molecule has 4 rings (SSSR count). The Hall–Kier alpha value is -2.90. The van der Waals surface area contributed by atoms with Crippen molar-refractivity contribution in [2.75, 3.05) is 6.54 Å². The van der Waals surface area contributed by atoms with Crippen molar-refractivity contribution in [3.8, 4) is 0 Å². The molecule has 4 N–H and O–H groups in total. The van der Waals surface area contributed by atoms with Crippen LogP contribution in [0.5, 0.6) is 0 Å². The number of benzene rings is 2. The van der Waals surface area contributed by atoms with Crippen LogP contribution in [0.3, 0.4) is 0 Å². The minimum atomic E-state index is -1.02. The molecule has 2 atom stereocenters. The van der Waals surface area contributed by atoms with Gasteiger partial charge in [0.15, 0.2) is 0 Å². The number of fused-ring (bicyclic) bond motifs is 1. The van der Waals surface area contributed by atoms with Crippen molar-refractivity contribution >= 4 is 30.2 Å². The fraction of sp³-hybridized carbons (Fsp3) is 0.444. The number of hydrogen-bond acceptors (Lipinski definition) is 4. The molecule has 2 aromatic carbocycles. The van der Waals surface area contributed by atoms with Gasteiger partial charge in [-0.1, -0.05) is 54.6 Å². The second-order valence-electron chi connectivity index (χ2n) is 9.46. The summed E-state index contributed by atoms with van der Waals surface area (Å²) in [6.45, 7) is 1.31. The van der Waals surface area contributed by atoms with E-state index in [9.17, 15) is 19.5 Å². The van der Waals surface area contributed by atoms with E-state index in [-0.39, 0.29) is 42.6 Å². The van der Waals surface area contributed by atoms with Crippen LogP contribution >= 0.6 is 12.4 Å². The fourth-order valence-electron chi connectivity index (χ4n) is 4.98. The first-order chi connectivity index (χ1) is 16.5. The zero-order valence-electron chi connectivity index (χ0n) is 19.7. The first-order valence-electron chi connectivity index (χ1n) is 12.1. The third kappa shape index (κ3) is 7.29. The van der Waals surface area contributed by atoms with Gasteiger partial charge in [0.2, 0.25) is 11.8 Å². The number of carbonyl (C=O) groups excluding carboxylic acids is 2. The molecule has 1 aliphatic heterocycles. The number of aliphatic carboxylic acids is 1. The molecule has 0 spiro atoms. The molecule has 2 amide bonds. The van der Waals surface area contributed by atoms with E-state index in [1.165, 1.54) is 11.1 Å². The maximum atomic E-state index is 12.7. The second kappa shape index (κ2) is 12.7. The zero-order valence-corrected chi connectivity index (χ0v) is 20.6. The third-order valence-corrected chi connectivity index (χ3v) is 7.08. The molecule has 0 unspecified atom stereocenters. The van der Waals surface area contributed by atoms with Crippen molar-refractivity contribution in [2.45, 2.75) is 57.2 Å². The minimum absolute atomic E-state index is 0. The summed E-state index contributed by atoms with van der Waals surface area (Å²) in [6, 6.07) is 16.4. The van der Waals surface area contributed by atoms with Crippen LogP contribution in [0.15, 0.2) is 54.6 Å². The van der Waals surface area contributed by atoms with Crippen molar-refractivity contribution in [2.24, 2.45) is 11.8 Å². The maximum absolute atomic E-state index is 12.7. The third-order valence-electron chi connectivity index (χ3n) is 7.08. The monoisotopic (exact) mass is 499 g/mol. The average Bonchev–Trinajstić information content (AvgIpc) is 2.87. The van der Waals surface area contributed by atoms with Crippen LogP contribution in [0, 0.1) is 11.8 Å². The molecule has 1 aliphatic carbocycles. The summed E-state index contributed by atoms with van der Waals surface area (Å²) >= 11 is 0. The SMILES string of the molecule is Cl.O=C(N[C@H](Cc1ccccc1)C(=O)O)C1CCC(CNC(=O)[C@@H]2Cc3ccccc3CN2)CC1. The highest BCUT2D eigenvalue weighted by Gasteiger charge is 2.30. The van der Waals surface area contributed by atoms with E-state index in [0.717, 1.165) is 18.4 Å². The van der Waals surface area contributed by atoms with E-state index in [4.69, 9.17) is 0 Å². The first-order valence-corrected chi connectivity index (χ1v) is 12.1. The molecular formula is C27H34ClN3O4. The highest BCUT2D eigenvalue weighted by atomic mass is 35.5. The topological polar surface area (TPSA) is 108 Å². The van der Waals surface area contributed by atoms with Crippen molar-refractivity contribution in [1.82, 2.24) is 16.0 Å². The number of halogens is 1. The Morgan fingerprint density at radius 1 is 0.914 bits per heavy atom. The van der Waals surface area contributed by atoms with Crippen LogP contribution in [0.25, 0.3) is 0 Å². The van der Waals surface area contributed by atoms with Gasteiger partial charge in [-0.25, -0.2) is 4.79 Å². The highest BCUT2D eigenvalue weighted by molar-refractivity contribution is 5.86. The summed E-state index contributed by atoms with van der Waals surface area (Å²) in [5.41, 5.74) is 3.35. The predicted molar refractivity (Wildman–Crippen MR) is 136 cm³/mol. The Kier molecular flexibility index (Phi) is 9.69. The molecule has 8 heteroatoms. The number of amides is 2. The quantitative estimate of drug-likeness (QED) is 0.447. The number of nitrogens with one attached hydrogen (secondary N) is 3. The molecule has 2 aliphatic rings. The molecule has 1 heterocycles. The fourth-order valence-corrected chi connectivity index (χ4v) is 4.98. The van der Waals surface area contributed by atoms with Crippen molar-refractivity contribution in [3.05, 3.63) is 71.3 Å². The Morgan fingerprint density at radius 2 is 1.57 bits per heavy atom. The summed E-state index contributed by atoms with van der Waals surface area (Å²) in [6.07, 6.45) is 4.06. The van der Waals surface area contributed by atoms with Gasteiger partial charge in [-0.15, -0.1) is 12.4 Å². The van der Waals surface area contributed by atoms with Gasteiger partial charge in [-0.2, -0.15) is 0 Å². The number of carbonyl (C=O) groups is 3. The summed E-state index contributed by atoms with van der Waals surface area (Å²) in [5.74, 6) is -1.02. The van der Waals surface area contributed by atoms with Crippen LogP contribution in [0.2, 0.25) is 0 Å². The number of hydrogen-bond donors (Lipinski definition) is 4. The number of rotatable bonds is 8.